The predicted molar refractivity (Wildman–Crippen MR) is 112 cm³/mol. The zero-order chi connectivity index (χ0) is 19.8. The fraction of sp³-hybridized carbons (Fsp3) is 0.333. The van der Waals surface area contributed by atoms with Gasteiger partial charge in [-0.25, -0.2) is 5.43 Å². The molecule has 1 N–H and O–H groups in total. The molecule has 144 valence electrons. The molecule has 0 atom stereocenters. The van der Waals surface area contributed by atoms with E-state index in [1.54, 1.807) is 26.0 Å². The average molecular weight is 387 g/mol. The van der Waals surface area contributed by atoms with Crippen molar-refractivity contribution in [3.63, 3.8) is 0 Å². The van der Waals surface area contributed by atoms with Crippen LogP contribution >= 0.6 is 11.8 Å². The lowest BCUT2D eigenvalue weighted by Crippen LogP contribution is -2.21. The molecule has 2 aromatic rings. The van der Waals surface area contributed by atoms with Crippen LogP contribution in [0.25, 0.3) is 0 Å². The summed E-state index contributed by atoms with van der Waals surface area (Å²) in [7, 11) is 3.18. The highest BCUT2D eigenvalue weighted by Crippen LogP contribution is 2.27. The van der Waals surface area contributed by atoms with Gasteiger partial charge in [-0.1, -0.05) is 29.3 Å². The van der Waals surface area contributed by atoms with Crippen LogP contribution in [0.15, 0.2) is 41.5 Å². The van der Waals surface area contributed by atoms with E-state index in [0.717, 1.165) is 11.3 Å². The second-order valence-electron chi connectivity index (χ2n) is 6.29. The van der Waals surface area contributed by atoms with Crippen molar-refractivity contribution in [2.24, 2.45) is 5.10 Å². The second kappa shape index (κ2) is 10.0. The van der Waals surface area contributed by atoms with Gasteiger partial charge in [0.05, 0.1) is 25.7 Å². The standard InChI is InChI=1S/C21H26N2O3S/c1-14-8-15(2)10-17(9-14)12-27-13-21(24)23-22-16(3)18-6-7-19(25-4)20(11-18)26-5/h6-11H,12-13H2,1-5H3,(H,23,24)/b22-16-. The molecule has 0 aliphatic heterocycles. The number of carbonyl (C=O) groups excluding carboxylic acids is 1. The van der Waals surface area contributed by atoms with Gasteiger partial charge in [-0.15, -0.1) is 11.8 Å². The lowest BCUT2D eigenvalue weighted by atomic mass is 10.1. The van der Waals surface area contributed by atoms with Gasteiger partial charge in [-0.05, 0) is 44.5 Å². The van der Waals surface area contributed by atoms with Crippen molar-refractivity contribution in [3.05, 3.63) is 58.7 Å². The minimum atomic E-state index is -0.121. The molecule has 1 amide bonds. The van der Waals surface area contributed by atoms with Gasteiger partial charge in [0, 0.05) is 11.3 Å². The van der Waals surface area contributed by atoms with E-state index < -0.39 is 0 Å². The summed E-state index contributed by atoms with van der Waals surface area (Å²) in [6.45, 7) is 6.00. The normalized spacial score (nSPS) is 11.2. The molecule has 0 unspecified atom stereocenters. The number of hydrazone groups is 1. The maximum absolute atomic E-state index is 12.0. The summed E-state index contributed by atoms with van der Waals surface area (Å²) in [5.74, 6) is 2.31. The molecule has 0 radical (unpaired) electrons. The average Bonchev–Trinajstić information content (AvgIpc) is 2.64. The third-order valence-electron chi connectivity index (χ3n) is 3.93. The highest BCUT2D eigenvalue weighted by atomic mass is 32.2. The molecule has 2 aromatic carbocycles. The van der Waals surface area contributed by atoms with Crippen molar-refractivity contribution >= 4 is 23.4 Å². The summed E-state index contributed by atoms with van der Waals surface area (Å²) >= 11 is 1.57. The number of amides is 1. The minimum absolute atomic E-state index is 0.121. The van der Waals surface area contributed by atoms with Gasteiger partial charge >= 0.3 is 0 Å². The van der Waals surface area contributed by atoms with Gasteiger partial charge in [0.2, 0.25) is 5.91 Å². The molecule has 0 aliphatic rings. The van der Waals surface area contributed by atoms with Crippen LogP contribution in [0.1, 0.15) is 29.2 Å². The summed E-state index contributed by atoms with van der Waals surface area (Å²) in [4.78, 5) is 12.0. The fourth-order valence-corrected chi connectivity index (χ4v) is 3.47. The SMILES string of the molecule is COc1ccc(/C(C)=N\NC(=O)CSCc2cc(C)cc(C)c2)cc1OC. The van der Waals surface area contributed by atoms with Crippen LogP contribution in [-0.2, 0) is 10.5 Å². The molecule has 0 saturated carbocycles. The number of benzene rings is 2. The molecule has 0 spiro atoms. The molecule has 0 fully saturated rings. The van der Waals surface area contributed by atoms with E-state index in [2.05, 4.69) is 42.6 Å². The maximum Gasteiger partial charge on any atom is 0.250 e. The molecule has 6 heteroatoms. The van der Waals surface area contributed by atoms with Gasteiger partial charge < -0.3 is 9.47 Å². The van der Waals surface area contributed by atoms with Gasteiger partial charge in [0.1, 0.15) is 0 Å². The Morgan fingerprint density at radius 3 is 2.33 bits per heavy atom. The number of nitrogens with one attached hydrogen (secondary N) is 1. The van der Waals surface area contributed by atoms with Crippen molar-refractivity contribution in [3.8, 4) is 11.5 Å². The predicted octanol–water partition coefficient (Wildman–Crippen LogP) is 4.09. The van der Waals surface area contributed by atoms with E-state index >= 15 is 0 Å². The van der Waals surface area contributed by atoms with Gasteiger partial charge in [-0.2, -0.15) is 5.10 Å². The number of hydrogen-bond donors (Lipinski definition) is 1. The number of rotatable bonds is 8. The topological polar surface area (TPSA) is 59.9 Å². The Balaban J connectivity index is 1.88. The van der Waals surface area contributed by atoms with Crippen LogP contribution in [0, 0.1) is 13.8 Å². The van der Waals surface area contributed by atoms with Gasteiger partial charge in [-0.3, -0.25) is 4.79 Å². The third kappa shape index (κ3) is 6.32. The Morgan fingerprint density at radius 1 is 1.04 bits per heavy atom. The number of nitrogens with zero attached hydrogens (tertiary/aromatic N) is 1. The molecule has 2 rings (SSSR count). The Morgan fingerprint density at radius 2 is 1.70 bits per heavy atom. The number of aryl methyl sites for hydroxylation is 2. The minimum Gasteiger partial charge on any atom is -0.493 e. The van der Waals surface area contributed by atoms with E-state index in [4.69, 9.17) is 9.47 Å². The van der Waals surface area contributed by atoms with Crippen LogP contribution in [0.3, 0.4) is 0 Å². The molecule has 0 aliphatic carbocycles. The zero-order valence-electron chi connectivity index (χ0n) is 16.5. The Bertz CT molecular complexity index is 814. The molecule has 0 bridgehead atoms. The smallest absolute Gasteiger partial charge is 0.250 e. The second-order valence-corrected chi connectivity index (χ2v) is 7.28. The largest absolute Gasteiger partial charge is 0.493 e. The van der Waals surface area contributed by atoms with Crippen molar-refractivity contribution in [1.82, 2.24) is 5.43 Å². The quantitative estimate of drug-likeness (QED) is 0.548. The van der Waals surface area contributed by atoms with Crippen molar-refractivity contribution in [2.75, 3.05) is 20.0 Å². The number of ether oxygens (including phenoxy) is 2. The van der Waals surface area contributed by atoms with Crippen molar-refractivity contribution in [1.29, 1.82) is 0 Å². The monoisotopic (exact) mass is 386 g/mol. The highest BCUT2D eigenvalue weighted by molar-refractivity contribution is 7.99. The van der Waals surface area contributed by atoms with Crippen LogP contribution in [0.5, 0.6) is 11.5 Å². The van der Waals surface area contributed by atoms with E-state index in [0.29, 0.717) is 23.0 Å². The van der Waals surface area contributed by atoms with E-state index in [-0.39, 0.29) is 5.91 Å². The van der Waals surface area contributed by atoms with Crippen LogP contribution in [0.2, 0.25) is 0 Å². The molecular formula is C21H26N2O3S. The number of thioether (sulfide) groups is 1. The van der Waals surface area contributed by atoms with Crippen LogP contribution < -0.4 is 14.9 Å². The number of methoxy groups -OCH3 is 2. The summed E-state index contributed by atoms with van der Waals surface area (Å²) in [6.07, 6.45) is 0. The van der Waals surface area contributed by atoms with Crippen LogP contribution in [0.4, 0.5) is 0 Å². The Kier molecular flexibility index (Phi) is 7.73. The molecule has 0 saturated heterocycles. The zero-order valence-corrected chi connectivity index (χ0v) is 17.3. The molecule has 5 nitrogen and oxygen atoms in total. The summed E-state index contributed by atoms with van der Waals surface area (Å²) in [6, 6.07) is 12.0. The lowest BCUT2D eigenvalue weighted by molar-refractivity contribution is -0.118. The first-order valence-corrected chi connectivity index (χ1v) is 9.79. The van der Waals surface area contributed by atoms with E-state index in [9.17, 15) is 4.79 Å². The fourth-order valence-electron chi connectivity index (χ4n) is 2.72. The van der Waals surface area contributed by atoms with E-state index in [1.807, 2.05) is 25.1 Å². The summed E-state index contributed by atoms with van der Waals surface area (Å²) in [5, 5.41) is 4.19. The molecular weight excluding hydrogens is 360 g/mol. The van der Waals surface area contributed by atoms with Crippen molar-refractivity contribution < 1.29 is 14.3 Å². The first-order chi connectivity index (χ1) is 12.9. The molecule has 0 aromatic heterocycles. The Hall–Kier alpha value is -2.47. The highest BCUT2D eigenvalue weighted by Gasteiger charge is 2.07. The van der Waals surface area contributed by atoms with E-state index in [1.165, 1.54) is 16.7 Å². The number of hydrogen-bond acceptors (Lipinski definition) is 5. The first kappa shape index (κ1) is 20.8. The van der Waals surface area contributed by atoms with Crippen LogP contribution in [-0.4, -0.2) is 31.6 Å². The lowest BCUT2D eigenvalue weighted by Gasteiger charge is -2.09. The van der Waals surface area contributed by atoms with Gasteiger partial charge in [0.15, 0.2) is 11.5 Å². The first-order valence-electron chi connectivity index (χ1n) is 8.63. The maximum atomic E-state index is 12.0. The van der Waals surface area contributed by atoms with Gasteiger partial charge in [0.25, 0.3) is 0 Å². The number of carbonyl (C=O) groups is 1. The summed E-state index contributed by atoms with van der Waals surface area (Å²) < 4.78 is 10.5. The van der Waals surface area contributed by atoms with Crippen molar-refractivity contribution in [2.45, 2.75) is 26.5 Å². The third-order valence-corrected chi connectivity index (χ3v) is 4.94. The summed E-state index contributed by atoms with van der Waals surface area (Å²) in [5.41, 5.74) is 7.88. The molecule has 27 heavy (non-hydrogen) atoms. The Labute approximate surface area is 165 Å². The molecule has 0 heterocycles.